The Labute approximate surface area is 117 Å². The topological polar surface area (TPSA) is 58.4 Å². The van der Waals surface area contributed by atoms with Crippen molar-refractivity contribution in [2.24, 2.45) is 17.6 Å². The summed E-state index contributed by atoms with van der Waals surface area (Å²) < 4.78 is 0. The van der Waals surface area contributed by atoms with E-state index in [1.54, 1.807) is 0 Å². The Hall–Kier alpha value is -0.610. The van der Waals surface area contributed by atoms with Crippen LogP contribution < -0.4 is 11.1 Å². The first-order chi connectivity index (χ1) is 9.11. The molecule has 0 aromatic heterocycles. The molecule has 2 rings (SSSR count). The predicted molar refractivity (Wildman–Crippen MR) is 77.8 cm³/mol. The number of nitrogens with zero attached hydrogens (tertiary/aromatic N) is 1. The Morgan fingerprint density at radius 1 is 1.37 bits per heavy atom. The van der Waals surface area contributed by atoms with Gasteiger partial charge in [0.25, 0.3) is 0 Å². The van der Waals surface area contributed by atoms with E-state index in [4.69, 9.17) is 5.73 Å². The van der Waals surface area contributed by atoms with Crippen LogP contribution >= 0.6 is 0 Å². The minimum absolute atomic E-state index is 0.186. The first-order valence-electron chi connectivity index (χ1n) is 7.89. The summed E-state index contributed by atoms with van der Waals surface area (Å²) in [6.07, 6.45) is 5.39. The maximum atomic E-state index is 12.2. The van der Waals surface area contributed by atoms with Crippen molar-refractivity contribution in [2.45, 2.75) is 58.0 Å². The van der Waals surface area contributed by atoms with Crippen LogP contribution in [0.15, 0.2) is 0 Å². The van der Waals surface area contributed by atoms with E-state index < -0.39 is 0 Å². The summed E-state index contributed by atoms with van der Waals surface area (Å²) in [5, 5.41) is 3.17. The Balaban J connectivity index is 1.75. The summed E-state index contributed by atoms with van der Waals surface area (Å²) in [7, 11) is 0. The highest BCUT2D eigenvalue weighted by molar-refractivity contribution is 5.78. The van der Waals surface area contributed by atoms with E-state index >= 15 is 0 Å². The van der Waals surface area contributed by atoms with Crippen LogP contribution in [0, 0.1) is 11.8 Å². The molecule has 0 aromatic carbocycles. The fourth-order valence-electron chi connectivity index (χ4n) is 3.56. The molecule has 4 atom stereocenters. The van der Waals surface area contributed by atoms with Gasteiger partial charge < -0.3 is 11.1 Å². The Bertz CT molecular complexity index is 308. The summed E-state index contributed by atoms with van der Waals surface area (Å²) in [6.45, 7) is 7.47. The molecule has 0 radical (unpaired) electrons. The van der Waals surface area contributed by atoms with E-state index in [1.165, 1.54) is 19.4 Å². The molecule has 1 saturated heterocycles. The van der Waals surface area contributed by atoms with Crippen LogP contribution in [0.3, 0.4) is 0 Å². The molecule has 2 aliphatic rings. The minimum Gasteiger partial charge on any atom is -0.354 e. The summed E-state index contributed by atoms with van der Waals surface area (Å²) >= 11 is 0. The van der Waals surface area contributed by atoms with E-state index in [0.29, 0.717) is 12.0 Å². The number of hydrogen-bond donors (Lipinski definition) is 2. The number of carbonyl (C=O) groups is 1. The van der Waals surface area contributed by atoms with Crippen molar-refractivity contribution in [2.75, 3.05) is 19.6 Å². The molecule has 4 unspecified atom stereocenters. The Morgan fingerprint density at radius 2 is 2.16 bits per heavy atom. The van der Waals surface area contributed by atoms with Crippen LogP contribution in [0.25, 0.3) is 0 Å². The highest BCUT2D eigenvalue weighted by atomic mass is 16.1. The normalized spacial score (nSPS) is 36.4. The zero-order chi connectivity index (χ0) is 13.8. The molecular formula is C15H29N3O. The average molecular weight is 267 g/mol. The zero-order valence-electron chi connectivity index (χ0n) is 12.4. The summed E-state index contributed by atoms with van der Waals surface area (Å²) in [4.78, 5) is 14.7. The third-order valence-corrected chi connectivity index (χ3v) is 5.02. The second-order valence-electron chi connectivity index (χ2n) is 6.32. The van der Waals surface area contributed by atoms with Gasteiger partial charge in [-0.25, -0.2) is 0 Å². The maximum Gasteiger partial charge on any atom is 0.223 e. The number of likely N-dealkylation sites (tertiary alicyclic amines) is 1. The highest BCUT2D eigenvalue weighted by Crippen LogP contribution is 2.28. The molecule has 4 nitrogen and oxygen atoms in total. The van der Waals surface area contributed by atoms with E-state index in [-0.39, 0.29) is 17.9 Å². The molecule has 1 aliphatic heterocycles. The lowest BCUT2D eigenvalue weighted by molar-refractivity contribution is -0.126. The van der Waals surface area contributed by atoms with Crippen molar-refractivity contribution in [3.8, 4) is 0 Å². The smallest absolute Gasteiger partial charge is 0.223 e. The van der Waals surface area contributed by atoms with E-state index in [9.17, 15) is 4.79 Å². The van der Waals surface area contributed by atoms with Crippen LogP contribution in [0.4, 0.5) is 0 Å². The number of carbonyl (C=O) groups excluding carboxylic acids is 1. The van der Waals surface area contributed by atoms with Gasteiger partial charge >= 0.3 is 0 Å². The third-order valence-electron chi connectivity index (χ3n) is 5.02. The van der Waals surface area contributed by atoms with E-state index in [0.717, 1.165) is 32.4 Å². The number of hydrogen-bond acceptors (Lipinski definition) is 3. The molecule has 1 aliphatic carbocycles. The minimum atomic E-state index is 0.186. The summed E-state index contributed by atoms with van der Waals surface area (Å²) in [5.41, 5.74) is 6.01. The Kier molecular flexibility index (Phi) is 5.22. The van der Waals surface area contributed by atoms with Gasteiger partial charge in [-0.1, -0.05) is 13.8 Å². The molecule has 4 heteroatoms. The van der Waals surface area contributed by atoms with Crippen LogP contribution in [0.5, 0.6) is 0 Å². The van der Waals surface area contributed by atoms with Crippen LogP contribution in [-0.4, -0.2) is 42.5 Å². The highest BCUT2D eigenvalue weighted by Gasteiger charge is 2.30. The fraction of sp³-hybridized carbons (Fsp3) is 0.933. The number of likely N-dealkylation sites (N-methyl/N-ethyl adjacent to an activating group) is 1. The molecule has 3 N–H and O–H groups in total. The molecule has 110 valence electrons. The molecule has 0 spiro atoms. The van der Waals surface area contributed by atoms with Crippen molar-refractivity contribution in [3.05, 3.63) is 0 Å². The summed E-state index contributed by atoms with van der Waals surface area (Å²) in [5.74, 6) is 0.913. The standard InChI is InChI=1S/C15H29N3O/c1-3-18-8-4-5-13(18)10-17-15(19)12-6-7-14(16)11(2)9-12/h11-14H,3-10,16H2,1-2H3,(H,17,19). The van der Waals surface area contributed by atoms with Gasteiger partial charge in [0.2, 0.25) is 5.91 Å². The van der Waals surface area contributed by atoms with Crippen molar-refractivity contribution >= 4 is 5.91 Å². The SMILES string of the molecule is CCN1CCCC1CNC(=O)C1CCC(N)C(C)C1. The molecule has 1 saturated carbocycles. The van der Waals surface area contributed by atoms with Crippen molar-refractivity contribution in [1.82, 2.24) is 10.2 Å². The second kappa shape index (κ2) is 6.71. The first-order valence-corrected chi connectivity index (χ1v) is 7.89. The fourth-order valence-corrected chi connectivity index (χ4v) is 3.56. The Morgan fingerprint density at radius 3 is 2.84 bits per heavy atom. The number of nitrogens with one attached hydrogen (secondary N) is 1. The lowest BCUT2D eigenvalue weighted by atomic mass is 9.79. The van der Waals surface area contributed by atoms with Gasteiger partial charge in [-0.05, 0) is 51.1 Å². The zero-order valence-corrected chi connectivity index (χ0v) is 12.4. The quantitative estimate of drug-likeness (QED) is 0.808. The molecular weight excluding hydrogens is 238 g/mol. The molecule has 2 fully saturated rings. The molecule has 19 heavy (non-hydrogen) atoms. The van der Waals surface area contributed by atoms with E-state index in [2.05, 4.69) is 24.1 Å². The second-order valence-corrected chi connectivity index (χ2v) is 6.32. The monoisotopic (exact) mass is 267 g/mol. The van der Waals surface area contributed by atoms with Crippen molar-refractivity contribution in [3.63, 3.8) is 0 Å². The van der Waals surface area contributed by atoms with Crippen molar-refractivity contribution < 1.29 is 4.79 Å². The largest absolute Gasteiger partial charge is 0.354 e. The van der Waals surface area contributed by atoms with Crippen LogP contribution in [0.1, 0.15) is 46.0 Å². The van der Waals surface area contributed by atoms with Gasteiger partial charge in [-0.15, -0.1) is 0 Å². The lowest BCUT2D eigenvalue weighted by Gasteiger charge is -2.31. The van der Waals surface area contributed by atoms with Crippen LogP contribution in [-0.2, 0) is 4.79 Å². The molecule has 1 amide bonds. The van der Waals surface area contributed by atoms with Crippen LogP contribution in [0.2, 0.25) is 0 Å². The first kappa shape index (κ1) is 14.8. The van der Waals surface area contributed by atoms with Gasteiger partial charge in [0, 0.05) is 24.5 Å². The summed E-state index contributed by atoms with van der Waals surface area (Å²) in [6, 6.07) is 0.840. The predicted octanol–water partition coefficient (Wildman–Crippen LogP) is 1.35. The number of nitrogens with two attached hydrogens (primary N) is 1. The number of amides is 1. The average Bonchev–Trinajstić information content (AvgIpc) is 2.86. The molecule has 0 bridgehead atoms. The van der Waals surface area contributed by atoms with Gasteiger partial charge in [-0.3, -0.25) is 9.69 Å². The lowest BCUT2D eigenvalue weighted by Crippen LogP contribution is -2.44. The van der Waals surface area contributed by atoms with Gasteiger partial charge in [0.1, 0.15) is 0 Å². The van der Waals surface area contributed by atoms with Crippen molar-refractivity contribution in [1.29, 1.82) is 0 Å². The maximum absolute atomic E-state index is 12.2. The van der Waals surface area contributed by atoms with Gasteiger partial charge in [0.15, 0.2) is 0 Å². The molecule has 1 heterocycles. The van der Waals surface area contributed by atoms with Gasteiger partial charge in [0.05, 0.1) is 0 Å². The van der Waals surface area contributed by atoms with Gasteiger partial charge in [-0.2, -0.15) is 0 Å². The molecule has 0 aromatic rings. The van der Waals surface area contributed by atoms with E-state index in [1.807, 2.05) is 0 Å². The third kappa shape index (κ3) is 3.69. The number of rotatable bonds is 4.